The number of nitrogens with one attached hydrogen (secondary N) is 1. The van der Waals surface area contributed by atoms with Crippen molar-refractivity contribution in [3.63, 3.8) is 0 Å². The van der Waals surface area contributed by atoms with Gasteiger partial charge in [0.1, 0.15) is 0 Å². The molecule has 2 N–H and O–H groups in total. The van der Waals surface area contributed by atoms with Gasteiger partial charge in [-0.2, -0.15) is 11.8 Å². The highest BCUT2D eigenvalue weighted by Crippen LogP contribution is 2.27. The van der Waals surface area contributed by atoms with Crippen molar-refractivity contribution in [3.05, 3.63) is 0 Å². The third-order valence-electron chi connectivity index (χ3n) is 3.05. The van der Waals surface area contributed by atoms with Gasteiger partial charge in [-0.05, 0) is 24.5 Å². The van der Waals surface area contributed by atoms with Gasteiger partial charge in [0.15, 0.2) is 0 Å². The minimum Gasteiger partial charge on any atom is -0.396 e. The third kappa shape index (κ3) is 3.44. The van der Waals surface area contributed by atoms with Gasteiger partial charge >= 0.3 is 0 Å². The summed E-state index contributed by atoms with van der Waals surface area (Å²) in [6, 6.07) is 1.13. The first-order valence-electron chi connectivity index (χ1n) is 5.63. The van der Waals surface area contributed by atoms with Gasteiger partial charge in [0, 0.05) is 23.9 Å². The van der Waals surface area contributed by atoms with Crippen molar-refractivity contribution in [3.8, 4) is 0 Å². The minimum absolute atomic E-state index is 0.296. The SMILES string of the molecule is CC(C)C(CCO)NC1CCSC1C. The topological polar surface area (TPSA) is 32.3 Å². The number of aliphatic hydroxyl groups excluding tert-OH is 1. The zero-order valence-corrected chi connectivity index (χ0v) is 10.3. The van der Waals surface area contributed by atoms with Crippen LogP contribution < -0.4 is 5.32 Å². The van der Waals surface area contributed by atoms with E-state index in [2.05, 4.69) is 37.8 Å². The first-order valence-corrected chi connectivity index (χ1v) is 6.68. The summed E-state index contributed by atoms with van der Waals surface area (Å²) >= 11 is 2.05. The van der Waals surface area contributed by atoms with Gasteiger partial charge in [0.2, 0.25) is 0 Å². The van der Waals surface area contributed by atoms with Crippen LogP contribution in [0.4, 0.5) is 0 Å². The van der Waals surface area contributed by atoms with Crippen LogP contribution in [0, 0.1) is 5.92 Å². The van der Waals surface area contributed by atoms with Crippen LogP contribution in [0.5, 0.6) is 0 Å². The Morgan fingerprint density at radius 2 is 2.21 bits per heavy atom. The lowest BCUT2D eigenvalue weighted by atomic mass is 9.99. The number of thioether (sulfide) groups is 1. The van der Waals surface area contributed by atoms with E-state index in [1.807, 2.05) is 0 Å². The predicted molar refractivity (Wildman–Crippen MR) is 63.8 cm³/mol. The third-order valence-corrected chi connectivity index (χ3v) is 4.37. The summed E-state index contributed by atoms with van der Waals surface area (Å²) in [6.07, 6.45) is 2.16. The Hall–Kier alpha value is 0.270. The Morgan fingerprint density at radius 1 is 1.50 bits per heavy atom. The highest BCUT2D eigenvalue weighted by atomic mass is 32.2. The van der Waals surface area contributed by atoms with Crippen molar-refractivity contribution < 1.29 is 5.11 Å². The van der Waals surface area contributed by atoms with Crippen LogP contribution in [-0.4, -0.2) is 34.8 Å². The molecule has 0 saturated carbocycles. The van der Waals surface area contributed by atoms with Gasteiger partial charge in [-0.1, -0.05) is 20.8 Å². The average molecular weight is 217 g/mol. The predicted octanol–water partition coefficient (Wildman–Crippen LogP) is 1.88. The lowest BCUT2D eigenvalue weighted by molar-refractivity contribution is 0.234. The molecule has 0 aliphatic carbocycles. The van der Waals surface area contributed by atoms with Crippen molar-refractivity contribution in [2.75, 3.05) is 12.4 Å². The summed E-state index contributed by atoms with van der Waals surface area (Å²) in [7, 11) is 0. The molecule has 1 heterocycles. The number of aliphatic hydroxyl groups is 1. The first-order chi connectivity index (χ1) is 6.65. The highest BCUT2D eigenvalue weighted by Gasteiger charge is 2.26. The molecule has 1 aliphatic rings. The summed E-state index contributed by atoms with van der Waals surface area (Å²) in [5.74, 6) is 1.89. The van der Waals surface area contributed by atoms with Crippen LogP contribution in [0.1, 0.15) is 33.6 Å². The summed E-state index contributed by atoms with van der Waals surface area (Å²) in [6.45, 7) is 7.04. The molecule has 0 spiro atoms. The molecule has 1 aliphatic heterocycles. The van der Waals surface area contributed by atoms with E-state index in [9.17, 15) is 0 Å². The van der Waals surface area contributed by atoms with Crippen LogP contribution in [0.2, 0.25) is 0 Å². The van der Waals surface area contributed by atoms with E-state index in [0.29, 0.717) is 24.6 Å². The fourth-order valence-corrected chi connectivity index (χ4v) is 3.18. The maximum atomic E-state index is 8.98. The minimum atomic E-state index is 0.296. The van der Waals surface area contributed by atoms with Crippen molar-refractivity contribution in [1.29, 1.82) is 0 Å². The molecule has 0 bridgehead atoms. The van der Waals surface area contributed by atoms with Gasteiger partial charge in [0.25, 0.3) is 0 Å². The van der Waals surface area contributed by atoms with Crippen molar-refractivity contribution in [2.45, 2.75) is 50.9 Å². The molecule has 3 atom stereocenters. The lowest BCUT2D eigenvalue weighted by Gasteiger charge is -2.27. The molecule has 0 aromatic carbocycles. The maximum absolute atomic E-state index is 8.98. The first kappa shape index (κ1) is 12.3. The van der Waals surface area contributed by atoms with E-state index in [1.54, 1.807) is 0 Å². The summed E-state index contributed by atoms with van der Waals surface area (Å²) in [5.41, 5.74) is 0. The van der Waals surface area contributed by atoms with Gasteiger partial charge in [0.05, 0.1) is 0 Å². The summed E-state index contributed by atoms with van der Waals surface area (Å²) < 4.78 is 0. The Labute approximate surface area is 91.9 Å². The van der Waals surface area contributed by atoms with E-state index in [0.717, 1.165) is 11.7 Å². The molecule has 3 unspecified atom stereocenters. The van der Waals surface area contributed by atoms with Gasteiger partial charge < -0.3 is 10.4 Å². The second-order valence-corrected chi connectivity index (χ2v) is 5.99. The molecule has 3 heteroatoms. The van der Waals surface area contributed by atoms with E-state index in [-0.39, 0.29) is 0 Å². The number of rotatable bonds is 5. The largest absolute Gasteiger partial charge is 0.396 e. The summed E-state index contributed by atoms with van der Waals surface area (Å²) in [5, 5.41) is 13.4. The molecule has 1 saturated heterocycles. The second-order valence-electron chi connectivity index (χ2n) is 4.50. The maximum Gasteiger partial charge on any atom is 0.0445 e. The fourth-order valence-electron chi connectivity index (χ4n) is 1.97. The van der Waals surface area contributed by atoms with E-state index in [1.165, 1.54) is 12.2 Å². The molecule has 0 amide bonds. The lowest BCUT2D eigenvalue weighted by Crippen LogP contribution is -2.44. The van der Waals surface area contributed by atoms with E-state index < -0.39 is 0 Å². The van der Waals surface area contributed by atoms with Crippen molar-refractivity contribution in [1.82, 2.24) is 5.32 Å². The van der Waals surface area contributed by atoms with Gasteiger partial charge in [-0.25, -0.2) is 0 Å². The van der Waals surface area contributed by atoms with Crippen LogP contribution in [0.3, 0.4) is 0 Å². The molecule has 1 rings (SSSR count). The van der Waals surface area contributed by atoms with Crippen LogP contribution in [0.15, 0.2) is 0 Å². The molecular weight excluding hydrogens is 194 g/mol. The van der Waals surface area contributed by atoms with Crippen LogP contribution in [0.25, 0.3) is 0 Å². The van der Waals surface area contributed by atoms with Crippen molar-refractivity contribution >= 4 is 11.8 Å². The zero-order valence-electron chi connectivity index (χ0n) is 9.49. The van der Waals surface area contributed by atoms with E-state index in [4.69, 9.17) is 5.11 Å². The number of hydrogen-bond acceptors (Lipinski definition) is 3. The van der Waals surface area contributed by atoms with Gasteiger partial charge in [-0.3, -0.25) is 0 Å². The molecular formula is C11H23NOS. The fraction of sp³-hybridized carbons (Fsp3) is 1.00. The van der Waals surface area contributed by atoms with Crippen molar-refractivity contribution in [2.24, 2.45) is 5.92 Å². The normalized spacial score (nSPS) is 29.8. The van der Waals surface area contributed by atoms with Gasteiger partial charge in [-0.15, -0.1) is 0 Å². The molecule has 84 valence electrons. The van der Waals surface area contributed by atoms with E-state index >= 15 is 0 Å². The Bertz CT molecular complexity index is 163. The standard InChI is InChI=1S/C11H23NOS/c1-8(2)10(4-6-13)12-11-5-7-14-9(11)3/h8-13H,4-7H2,1-3H3. The molecule has 0 aromatic rings. The van der Waals surface area contributed by atoms with Crippen LogP contribution in [-0.2, 0) is 0 Å². The Balaban J connectivity index is 2.37. The zero-order chi connectivity index (χ0) is 10.6. The summed E-state index contributed by atoms with van der Waals surface area (Å²) in [4.78, 5) is 0. The monoisotopic (exact) mass is 217 g/mol. The smallest absolute Gasteiger partial charge is 0.0445 e. The molecule has 2 nitrogen and oxygen atoms in total. The Kier molecular flexibility index (Phi) is 5.28. The molecule has 0 aromatic heterocycles. The quantitative estimate of drug-likeness (QED) is 0.737. The molecule has 14 heavy (non-hydrogen) atoms. The van der Waals surface area contributed by atoms with Crippen LogP contribution >= 0.6 is 11.8 Å². The number of hydrogen-bond donors (Lipinski definition) is 2. The second kappa shape index (κ2) is 5.99. The average Bonchev–Trinajstić information content (AvgIpc) is 2.51. The molecule has 1 fully saturated rings. The highest BCUT2D eigenvalue weighted by molar-refractivity contribution is 8.00. The Morgan fingerprint density at radius 3 is 2.64 bits per heavy atom. The molecule has 0 radical (unpaired) electrons.